The molecule has 34 atom stereocenters. The minimum Gasteiger partial charge on any atom is -0.462 e. The molecule has 1 aromatic carbocycles. The van der Waals surface area contributed by atoms with Crippen LogP contribution in [0.15, 0.2) is 24.3 Å². The van der Waals surface area contributed by atoms with Crippen molar-refractivity contribution in [2.45, 2.75) is 216 Å². The molecular weight excluding hydrogens is 1240 g/mol. The smallest absolute Gasteiger partial charge is 0.295 e. The average Bonchev–Trinajstić information content (AvgIpc) is 0.941. The molecular formula is C48H70N4O38. The van der Waals surface area contributed by atoms with Gasteiger partial charge in [0.05, 0.1) is 49.0 Å². The van der Waals surface area contributed by atoms with Gasteiger partial charge in [-0.15, -0.1) is 0 Å². The van der Waals surface area contributed by atoms with Gasteiger partial charge in [0.2, 0.25) is 31.5 Å². The van der Waals surface area contributed by atoms with Crippen LogP contribution in [0.25, 0.3) is 0 Å². The number of hydrogen-bond donors (Lipinski definition) is 17. The number of non-ortho nitro benzene ring substituents is 1. The number of carbonyl (C=O) groups is 4. The Kier molecular flexibility index (Phi) is 24.7. The molecule has 7 heterocycles. The van der Waals surface area contributed by atoms with Crippen LogP contribution in [-0.4, -0.2) is 332 Å². The molecule has 90 heavy (non-hydrogen) atoms. The highest BCUT2D eigenvalue weighted by atomic mass is 16.8. The second-order valence-electron chi connectivity index (χ2n) is 21.1. The number of aliphatic hydroxyl groups is 14. The van der Waals surface area contributed by atoms with Gasteiger partial charge >= 0.3 is 0 Å². The minimum absolute atomic E-state index is 0.0736. The van der Waals surface area contributed by atoms with Crippen LogP contribution in [-0.2, 0) is 99.7 Å². The number of nitrogens with zero attached hydrogens (tertiary/aromatic N) is 1. The highest BCUT2D eigenvalue weighted by molar-refractivity contribution is 5.39. The van der Waals surface area contributed by atoms with Crippen LogP contribution in [0.5, 0.6) is 5.75 Å². The van der Waals surface area contributed by atoms with E-state index >= 15 is 0 Å². The molecule has 0 amide bonds. The van der Waals surface area contributed by atoms with Crippen LogP contribution in [0.2, 0.25) is 0 Å². The molecule has 20 N–H and O–H groups in total. The lowest BCUT2D eigenvalue weighted by atomic mass is 9.95. The van der Waals surface area contributed by atoms with E-state index < -0.39 is 241 Å². The van der Waals surface area contributed by atoms with Crippen molar-refractivity contribution in [2.75, 3.05) is 19.8 Å². The predicted octanol–water partition coefficient (Wildman–Crippen LogP) is -12.8. The molecule has 13 unspecified atom stereocenters. The molecule has 42 nitrogen and oxygen atoms in total. The Morgan fingerprint density at radius 2 is 0.756 bits per heavy atom. The van der Waals surface area contributed by atoms with Crippen molar-refractivity contribution in [3.05, 3.63) is 34.4 Å². The van der Waals surface area contributed by atoms with Gasteiger partial charge in [-0.05, 0) is 12.1 Å². The SMILES string of the molecule is NC1[C@@H](O[C@@H]2C(OC=O)O[C@@H](Oc3ccc([N+](=O)[O-])cc3)C(O)[C@H]2O)OC(CO)[C@@H](O[C@H]2C[C@H](O)[C@H](O[C@@H]3OC(CO)[C@@H](O[C@@H]4OC(OC=O)[C@@H](O[C@H]5OC(CO)[C@@H](O[C@@H]6OC(OC=O)[C@@H](O)[C@H](O)C6O)[C@H](O)C5N)[C@H](O)C4O)[C@H](O)C3N)C(OC=O)O2)[C@@H]1O. The van der Waals surface area contributed by atoms with E-state index in [9.17, 15) is 101 Å². The Hall–Kier alpha value is -4.90. The molecule has 510 valence electrons. The van der Waals surface area contributed by atoms with Gasteiger partial charge in [-0.2, -0.15) is 0 Å². The summed E-state index contributed by atoms with van der Waals surface area (Å²) in [7, 11) is 0. The highest BCUT2D eigenvalue weighted by Gasteiger charge is 2.58. The summed E-state index contributed by atoms with van der Waals surface area (Å²) in [5.41, 5.74) is 18.5. The van der Waals surface area contributed by atoms with Crippen molar-refractivity contribution in [1.82, 2.24) is 0 Å². The zero-order valence-electron chi connectivity index (χ0n) is 46.3. The fourth-order valence-corrected chi connectivity index (χ4v) is 10.6. The highest BCUT2D eigenvalue weighted by Crippen LogP contribution is 2.38. The van der Waals surface area contributed by atoms with Gasteiger partial charge in [-0.3, -0.25) is 34.0 Å². The summed E-state index contributed by atoms with van der Waals surface area (Å²) in [4.78, 5) is 56.4. The number of rotatable bonds is 26. The molecule has 7 saturated heterocycles. The number of benzene rings is 1. The number of ether oxygens (including phenoxy) is 18. The number of carbonyl (C=O) groups excluding carboxylic acids is 4. The summed E-state index contributed by atoms with van der Waals surface area (Å²) in [6.07, 6.45) is -59.3. The second kappa shape index (κ2) is 31.4. The van der Waals surface area contributed by atoms with Crippen molar-refractivity contribution in [1.29, 1.82) is 0 Å². The molecule has 0 aliphatic carbocycles. The first-order valence-electron chi connectivity index (χ1n) is 27.3. The van der Waals surface area contributed by atoms with Crippen LogP contribution in [0.1, 0.15) is 6.42 Å². The summed E-state index contributed by atoms with van der Waals surface area (Å²) < 4.78 is 98.9. The Bertz CT molecular complexity index is 2470. The Morgan fingerprint density at radius 3 is 1.18 bits per heavy atom. The molecule has 0 saturated carbocycles. The summed E-state index contributed by atoms with van der Waals surface area (Å²) in [6, 6.07) is -0.690. The van der Waals surface area contributed by atoms with Crippen molar-refractivity contribution >= 4 is 31.6 Å². The maximum absolute atomic E-state index is 11.8. The van der Waals surface area contributed by atoms with Crippen molar-refractivity contribution in [3.63, 3.8) is 0 Å². The van der Waals surface area contributed by atoms with Crippen LogP contribution in [0.4, 0.5) is 5.69 Å². The van der Waals surface area contributed by atoms with Gasteiger partial charge in [0.1, 0.15) is 110 Å². The number of nitro benzene ring substituents is 1. The van der Waals surface area contributed by atoms with E-state index in [1.165, 1.54) is 0 Å². The van der Waals surface area contributed by atoms with Gasteiger partial charge in [0.25, 0.3) is 31.6 Å². The number of nitrogens with two attached hydrogens (primary N) is 3. The van der Waals surface area contributed by atoms with Gasteiger partial charge in [-0.25, -0.2) is 0 Å². The summed E-state index contributed by atoms with van der Waals surface area (Å²) in [5, 5.41) is 163. The maximum atomic E-state index is 11.8. The van der Waals surface area contributed by atoms with Crippen molar-refractivity contribution in [3.8, 4) is 5.75 Å². The van der Waals surface area contributed by atoms with E-state index in [2.05, 4.69) is 4.74 Å². The van der Waals surface area contributed by atoms with Gasteiger partial charge < -0.3 is 169 Å². The van der Waals surface area contributed by atoms with Gasteiger partial charge in [-0.1, -0.05) is 0 Å². The first kappa shape index (κ1) is 71.0. The second-order valence-corrected chi connectivity index (χ2v) is 21.1. The zero-order chi connectivity index (χ0) is 65.6. The largest absolute Gasteiger partial charge is 0.462 e. The van der Waals surface area contributed by atoms with E-state index in [0.29, 0.717) is 0 Å². The lowest BCUT2D eigenvalue weighted by molar-refractivity contribution is -0.400. The van der Waals surface area contributed by atoms with Crippen molar-refractivity contribution in [2.24, 2.45) is 17.2 Å². The average molecular weight is 1310 g/mol. The van der Waals surface area contributed by atoms with Crippen LogP contribution in [0, 0.1) is 10.1 Å². The van der Waals surface area contributed by atoms with E-state index in [1.807, 2.05) is 0 Å². The topological polar surface area (TPSA) is 639 Å². The number of aliphatic hydroxyl groups excluding tert-OH is 14. The zero-order valence-corrected chi connectivity index (χ0v) is 46.3. The Balaban J connectivity index is 0.860. The van der Waals surface area contributed by atoms with E-state index in [-0.39, 0.29) is 37.3 Å². The predicted molar refractivity (Wildman–Crippen MR) is 268 cm³/mol. The maximum Gasteiger partial charge on any atom is 0.295 e. The van der Waals surface area contributed by atoms with E-state index in [4.69, 9.17) is 97.7 Å². The molecule has 0 radical (unpaired) electrons. The molecule has 0 bridgehead atoms. The normalized spacial score (nSPS) is 46.6. The third-order valence-electron chi connectivity index (χ3n) is 15.4. The molecule has 8 rings (SSSR count). The van der Waals surface area contributed by atoms with Crippen molar-refractivity contribution < 1.29 is 181 Å². The molecule has 0 aromatic heterocycles. The number of nitro groups is 1. The quantitative estimate of drug-likeness (QED) is 0.0177. The molecule has 42 heteroatoms. The lowest BCUT2D eigenvalue weighted by Crippen LogP contribution is -2.69. The monoisotopic (exact) mass is 1310 g/mol. The van der Waals surface area contributed by atoms with E-state index in [0.717, 1.165) is 24.3 Å². The van der Waals surface area contributed by atoms with Crippen LogP contribution in [0.3, 0.4) is 0 Å². The Morgan fingerprint density at radius 1 is 0.411 bits per heavy atom. The molecule has 1 aromatic rings. The van der Waals surface area contributed by atoms with Gasteiger partial charge in [0.15, 0.2) is 49.9 Å². The third-order valence-corrected chi connectivity index (χ3v) is 15.4. The summed E-state index contributed by atoms with van der Waals surface area (Å²) in [6.45, 7) is -3.54. The van der Waals surface area contributed by atoms with E-state index in [1.54, 1.807) is 0 Å². The number of hydrogen-bond acceptors (Lipinski definition) is 41. The molecule has 7 fully saturated rings. The first-order valence-corrected chi connectivity index (χ1v) is 27.3. The fourth-order valence-electron chi connectivity index (χ4n) is 10.6. The molecule has 7 aliphatic heterocycles. The first-order chi connectivity index (χ1) is 42.9. The third kappa shape index (κ3) is 15.3. The van der Waals surface area contributed by atoms with Gasteiger partial charge in [0, 0.05) is 18.6 Å². The van der Waals surface area contributed by atoms with Crippen LogP contribution >= 0.6 is 0 Å². The lowest BCUT2D eigenvalue weighted by Gasteiger charge is -2.49. The fraction of sp³-hybridized carbons (Fsp3) is 0.792. The summed E-state index contributed by atoms with van der Waals surface area (Å²) in [5.74, 6) is -0.0736. The summed E-state index contributed by atoms with van der Waals surface area (Å²) >= 11 is 0. The van der Waals surface area contributed by atoms with Crippen LogP contribution < -0.4 is 21.9 Å². The molecule has 7 aliphatic rings. The Labute approximate surface area is 504 Å². The standard InChI is InChI=1S/C48H70N4O38/c49-20-23(61)34(16(6-53)78-40(20)86-37-27(65)31(69)43(89-47(37)75-11-58)77-14-3-1-13(2-4-14)52(71)72)81-19-5-15(60)33(46(82-19)74-10-57)83-39-21(50)24(62)36(17(7-54)79-39)85-45-32(70)28(66)38(48(90-45)76-12-59)87-41-22(51)25(63)35(18(8-55)80-41)84-44-30(68)26(64)29(67)42(88-44)73-9-56/h1-4,9-12,15-48,53-55,60-70H,5-8,49-51H2/t15-,16?,17?,18?,19+,20?,21?,22?,23+,24+,25+,26-,27+,28+,29-,30?,31?,32?,33-,34+,35+,36+,37-,38-,39-,40+,41+,42?,43+,44+,45+,46?,47?,48?/m0/s1. The minimum atomic E-state index is -2.24. The molecule has 0 spiro atoms.